The molecule has 0 N–H and O–H groups in total. The maximum absolute atomic E-state index is 12.3. The number of hydrogen-bond acceptors (Lipinski definition) is 3. The molecule has 0 spiro atoms. The smallest absolute Gasteiger partial charge is 0.194 e. The predicted octanol–water partition coefficient (Wildman–Crippen LogP) is 2.92. The van der Waals surface area contributed by atoms with Gasteiger partial charge in [0.1, 0.15) is 11.5 Å². The quantitative estimate of drug-likeness (QED) is 0.691. The predicted molar refractivity (Wildman–Crippen MR) is 68.4 cm³/mol. The summed E-state index contributed by atoms with van der Waals surface area (Å²) in [5.41, 5.74) is 3.01. The highest BCUT2D eigenvalue weighted by atomic mass is 16.5. The van der Waals surface area contributed by atoms with E-state index in [9.17, 15) is 4.79 Å². The van der Waals surface area contributed by atoms with E-state index in [4.69, 9.17) is 9.47 Å². The minimum atomic E-state index is 0.0257. The first-order valence-electron chi connectivity index (χ1n) is 5.67. The molecule has 0 bridgehead atoms. The number of carbonyl (C=O) groups is 1. The summed E-state index contributed by atoms with van der Waals surface area (Å²) in [7, 11) is 3.21. The van der Waals surface area contributed by atoms with Crippen LogP contribution in [0.1, 0.15) is 15.9 Å². The van der Waals surface area contributed by atoms with Crippen molar-refractivity contribution < 1.29 is 14.3 Å². The number of benzene rings is 2. The molecule has 0 radical (unpaired) electrons. The summed E-state index contributed by atoms with van der Waals surface area (Å²) < 4.78 is 10.7. The van der Waals surface area contributed by atoms with E-state index in [2.05, 4.69) is 0 Å². The molecule has 0 amide bonds. The number of rotatable bonds is 2. The van der Waals surface area contributed by atoms with E-state index >= 15 is 0 Å². The van der Waals surface area contributed by atoms with Crippen LogP contribution in [-0.4, -0.2) is 20.0 Å². The average molecular weight is 240 g/mol. The molecule has 0 unspecified atom stereocenters. The van der Waals surface area contributed by atoms with Gasteiger partial charge in [0.15, 0.2) is 5.78 Å². The van der Waals surface area contributed by atoms with Crippen molar-refractivity contribution in [1.29, 1.82) is 0 Å². The summed E-state index contributed by atoms with van der Waals surface area (Å²) in [5, 5.41) is 0. The second-order valence-electron chi connectivity index (χ2n) is 4.09. The molecular weight excluding hydrogens is 228 g/mol. The molecule has 0 aliphatic heterocycles. The Morgan fingerprint density at radius 3 is 1.61 bits per heavy atom. The van der Waals surface area contributed by atoms with Gasteiger partial charge in [-0.25, -0.2) is 0 Å². The summed E-state index contributed by atoms with van der Waals surface area (Å²) in [6.45, 7) is 0. The van der Waals surface area contributed by atoms with E-state index in [0.717, 1.165) is 11.1 Å². The van der Waals surface area contributed by atoms with Gasteiger partial charge >= 0.3 is 0 Å². The first kappa shape index (κ1) is 10.8. The topological polar surface area (TPSA) is 35.5 Å². The maximum Gasteiger partial charge on any atom is 0.194 e. The van der Waals surface area contributed by atoms with Crippen molar-refractivity contribution in [2.75, 3.05) is 14.2 Å². The molecule has 2 aromatic carbocycles. The van der Waals surface area contributed by atoms with Crippen LogP contribution in [0.4, 0.5) is 0 Å². The van der Waals surface area contributed by atoms with Crippen LogP contribution in [0.25, 0.3) is 11.1 Å². The van der Waals surface area contributed by atoms with E-state index in [1.165, 1.54) is 0 Å². The van der Waals surface area contributed by atoms with Crippen LogP contribution in [0.15, 0.2) is 36.4 Å². The summed E-state index contributed by atoms with van der Waals surface area (Å²) in [6.07, 6.45) is 0. The third-order valence-corrected chi connectivity index (χ3v) is 3.23. The van der Waals surface area contributed by atoms with E-state index in [1.54, 1.807) is 14.2 Å². The molecule has 0 saturated carbocycles. The normalized spacial score (nSPS) is 12.0. The first-order chi connectivity index (χ1) is 8.77. The monoisotopic (exact) mass is 240 g/mol. The number of fused-ring (bicyclic) bond motifs is 3. The van der Waals surface area contributed by atoms with Gasteiger partial charge in [-0.15, -0.1) is 0 Å². The van der Waals surface area contributed by atoms with Crippen LogP contribution in [-0.2, 0) is 0 Å². The zero-order chi connectivity index (χ0) is 12.7. The Balaban J connectivity index is 2.40. The molecule has 90 valence electrons. The van der Waals surface area contributed by atoms with Crippen molar-refractivity contribution in [3.05, 3.63) is 47.5 Å². The first-order valence-corrected chi connectivity index (χ1v) is 5.67. The van der Waals surface area contributed by atoms with E-state index in [0.29, 0.717) is 22.6 Å². The standard InChI is InChI=1S/C15H12O3/c1-17-11-7-3-5-9-13(11)14-10(15(9)16)6-4-8-12(14)18-2/h3-8H,1-2H3. The Bertz CT molecular complexity index is 589. The molecule has 1 aliphatic carbocycles. The Kier molecular flexibility index (Phi) is 2.33. The average Bonchev–Trinajstić information content (AvgIpc) is 2.73. The van der Waals surface area contributed by atoms with Crippen LogP contribution < -0.4 is 9.47 Å². The molecule has 0 aromatic heterocycles. The van der Waals surface area contributed by atoms with Gasteiger partial charge in [-0.3, -0.25) is 4.79 Å². The fourth-order valence-corrected chi connectivity index (χ4v) is 2.44. The van der Waals surface area contributed by atoms with Crippen LogP contribution in [0.3, 0.4) is 0 Å². The third kappa shape index (κ3) is 1.27. The minimum Gasteiger partial charge on any atom is -0.496 e. The number of methoxy groups -OCH3 is 2. The van der Waals surface area contributed by atoms with Crippen molar-refractivity contribution >= 4 is 5.78 Å². The van der Waals surface area contributed by atoms with Gasteiger partial charge in [0.25, 0.3) is 0 Å². The molecule has 0 atom stereocenters. The molecule has 3 heteroatoms. The maximum atomic E-state index is 12.3. The van der Waals surface area contributed by atoms with Gasteiger partial charge < -0.3 is 9.47 Å². The number of ether oxygens (including phenoxy) is 2. The van der Waals surface area contributed by atoms with E-state index in [1.807, 2.05) is 36.4 Å². The Hall–Kier alpha value is -2.29. The van der Waals surface area contributed by atoms with Crippen molar-refractivity contribution in [1.82, 2.24) is 0 Å². The molecule has 3 rings (SSSR count). The molecule has 0 heterocycles. The lowest BCUT2D eigenvalue weighted by molar-refractivity contribution is 0.104. The van der Waals surface area contributed by atoms with Gasteiger partial charge in [-0.05, 0) is 12.1 Å². The lowest BCUT2D eigenvalue weighted by Crippen LogP contribution is -1.95. The van der Waals surface area contributed by atoms with Gasteiger partial charge in [0.05, 0.1) is 14.2 Å². The van der Waals surface area contributed by atoms with Gasteiger partial charge in [-0.1, -0.05) is 24.3 Å². The summed E-state index contributed by atoms with van der Waals surface area (Å²) in [6, 6.07) is 11.0. The molecule has 3 nitrogen and oxygen atoms in total. The third-order valence-electron chi connectivity index (χ3n) is 3.23. The molecule has 2 aromatic rings. The highest BCUT2D eigenvalue weighted by Gasteiger charge is 2.31. The Labute approximate surface area is 105 Å². The second-order valence-corrected chi connectivity index (χ2v) is 4.09. The highest BCUT2D eigenvalue weighted by Crippen LogP contribution is 2.46. The zero-order valence-corrected chi connectivity index (χ0v) is 10.2. The van der Waals surface area contributed by atoms with Crippen molar-refractivity contribution in [3.63, 3.8) is 0 Å². The molecule has 0 saturated heterocycles. The second kappa shape index (κ2) is 3.88. The summed E-state index contributed by atoms with van der Waals surface area (Å²) in [4.78, 5) is 12.3. The van der Waals surface area contributed by atoms with Gasteiger partial charge in [-0.2, -0.15) is 0 Å². The van der Waals surface area contributed by atoms with E-state index in [-0.39, 0.29) is 5.78 Å². The number of hydrogen-bond donors (Lipinski definition) is 0. The molecule has 18 heavy (non-hydrogen) atoms. The lowest BCUT2D eigenvalue weighted by Gasteiger charge is -2.10. The lowest BCUT2D eigenvalue weighted by atomic mass is 10.0. The van der Waals surface area contributed by atoms with Gasteiger partial charge in [0.2, 0.25) is 0 Å². The van der Waals surface area contributed by atoms with E-state index < -0.39 is 0 Å². The van der Waals surface area contributed by atoms with Crippen LogP contribution in [0.5, 0.6) is 11.5 Å². The summed E-state index contributed by atoms with van der Waals surface area (Å²) in [5.74, 6) is 1.42. The number of ketones is 1. The number of carbonyl (C=O) groups excluding carboxylic acids is 1. The minimum absolute atomic E-state index is 0.0257. The van der Waals surface area contributed by atoms with Crippen LogP contribution >= 0.6 is 0 Å². The largest absolute Gasteiger partial charge is 0.496 e. The molecule has 1 aliphatic rings. The fourth-order valence-electron chi connectivity index (χ4n) is 2.44. The van der Waals surface area contributed by atoms with Crippen molar-refractivity contribution in [2.24, 2.45) is 0 Å². The fraction of sp³-hybridized carbons (Fsp3) is 0.133. The van der Waals surface area contributed by atoms with Gasteiger partial charge in [0, 0.05) is 22.3 Å². The molecule has 0 fully saturated rings. The zero-order valence-electron chi connectivity index (χ0n) is 10.2. The van der Waals surface area contributed by atoms with Crippen LogP contribution in [0.2, 0.25) is 0 Å². The molecular formula is C15H12O3. The van der Waals surface area contributed by atoms with Crippen molar-refractivity contribution in [2.45, 2.75) is 0 Å². The Morgan fingerprint density at radius 1 is 0.778 bits per heavy atom. The Morgan fingerprint density at radius 2 is 1.22 bits per heavy atom. The highest BCUT2D eigenvalue weighted by molar-refractivity contribution is 6.23. The van der Waals surface area contributed by atoms with Crippen LogP contribution in [0, 0.1) is 0 Å². The van der Waals surface area contributed by atoms with Crippen molar-refractivity contribution in [3.8, 4) is 22.6 Å². The summed E-state index contributed by atoms with van der Waals surface area (Å²) >= 11 is 0. The SMILES string of the molecule is COc1cccc2c1-c1c(OC)cccc1C2=O.